The molecule has 2 N–H and O–H groups in total. The van der Waals surface area contributed by atoms with Crippen LogP contribution in [0.25, 0.3) is 10.4 Å². The first-order valence-electron chi connectivity index (χ1n) is 12.8. The van der Waals surface area contributed by atoms with Gasteiger partial charge in [0.05, 0.1) is 6.61 Å². The van der Waals surface area contributed by atoms with E-state index >= 15 is 0 Å². The summed E-state index contributed by atoms with van der Waals surface area (Å²) in [5, 5.41) is 16.0. The van der Waals surface area contributed by atoms with Gasteiger partial charge in [0.15, 0.2) is 11.6 Å². The Morgan fingerprint density at radius 1 is 1.15 bits per heavy atom. The molecule has 0 aromatic heterocycles. The van der Waals surface area contributed by atoms with Gasteiger partial charge in [0, 0.05) is 51.7 Å². The number of aliphatic imine (C=N–C) groups is 1. The maximum atomic E-state index is 14.1. The van der Waals surface area contributed by atoms with Crippen molar-refractivity contribution in [1.82, 2.24) is 5.32 Å². The molecule has 200 valence electrons. The lowest BCUT2D eigenvalue weighted by Crippen LogP contribution is -2.50. The Morgan fingerprint density at radius 3 is 2.59 bits per heavy atom. The third kappa shape index (κ3) is 6.09. The van der Waals surface area contributed by atoms with Crippen LogP contribution in [0.2, 0.25) is 0 Å². The Kier molecular flexibility index (Phi) is 8.16. The molecule has 10 heteroatoms. The summed E-state index contributed by atoms with van der Waals surface area (Å²) < 4.78 is 13.1. The Labute approximate surface area is 234 Å². The fraction of sp³-hybridized carbons (Fsp3) is 0.310. The van der Waals surface area contributed by atoms with Crippen LogP contribution >= 0.6 is 15.9 Å². The van der Waals surface area contributed by atoms with Crippen LogP contribution in [-0.4, -0.2) is 41.7 Å². The molecule has 3 aromatic carbocycles. The highest BCUT2D eigenvalue weighted by molar-refractivity contribution is 9.10. The number of halogens is 1. The number of nitrogens with one attached hydrogen (secondary N) is 1. The number of aliphatic hydroxyl groups excluding tert-OH is 1. The van der Waals surface area contributed by atoms with Gasteiger partial charge in [0.25, 0.3) is 5.91 Å². The molecule has 0 saturated heterocycles. The number of rotatable bonds is 11. The van der Waals surface area contributed by atoms with E-state index in [1.807, 2.05) is 48.5 Å². The summed E-state index contributed by atoms with van der Waals surface area (Å²) in [7, 11) is 0. The quantitative estimate of drug-likeness (QED) is 0.124. The Hall–Kier alpha value is -3.85. The molecule has 2 aliphatic rings. The van der Waals surface area contributed by atoms with E-state index in [0.29, 0.717) is 41.5 Å². The topological polar surface area (TPSA) is 129 Å². The number of hydrogen-bond acceptors (Lipinski definition) is 6. The number of amides is 1. The normalized spacial score (nSPS) is 19.9. The highest BCUT2D eigenvalue weighted by atomic mass is 79.9. The van der Waals surface area contributed by atoms with Crippen molar-refractivity contribution in [3.63, 3.8) is 0 Å². The first-order valence-corrected chi connectivity index (χ1v) is 13.6. The molecule has 0 spiro atoms. The molecule has 1 heterocycles. The van der Waals surface area contributed by atoms with Crippen molar-refractivity contribution in [1.29, 1.82) is 0 Å². The third-order valence-electron chi connectivity index (χ3n) is 6.70. The number of carbonyl (C=O) groups excluding carboxylic acids is 1. The average Bonchev–Trinajstić information content (AvgIpc) is 3.69. The van der Waals surface area contributed by atoms with E-state index in [0.717, 1.165) is 22.9 Å². The second kappa shape index (κ2) is 11.9. The smallest absolute Gasteiger partial charge is 0.252 e. The molecule has 9 nitrogen and oxygen atoms in total. The molecule has 1 aliphatic carbocycles. The molecule has 0 bridgehead atoms. The summed E-state index contributed by atoms with van der Waals surface area (Å²) in [4.78, 5) is 22.1. The SMILES string of the molecule is [N-]=[N+]=Nc1ccccc1[C@H]1OC(c2ccc(OCCCO)cc2)=N[C@@]1(Cc1ccc(Br)cc1)C(=O)NC1CC1. The predicted octanol–water partition coefficient (Wildman–Crippen LogP) is 5.93. The molecular formula is C29H28BrN5O4. The van der Waals surface area contributed by atoms with E-state index in [2.05, 4.69) is 31.3 Å². The van der Waals surface area contributed by atoms with Crippen LogP contribution in [0.1, 0.15) is 42.1 Å². The number of ether oxygens (including phenoxy) is 2. The van der Waals surface area contributed by atoms with Gasteiger partial charge >= 0.3 is 0 Å². The highest BCUT2D eigenvalue weighted by Crippen LogP contribution is 2.45. The van der Waals surface area contributed by atoms with Gasteiger partial charge < -0.3 is 19.9 Å². The second-order valence-electron chi connectivity index (χ2n) is 9.59. The molecular weight excluding hydrogens is 562 g/mol. The van der Waals surface area contributed by atoms with E-state index in [4.69, 9.17) is 19.6 Å². The van der Waals surface area contributed by atoms with Gasteiger partial charge in [-0.25, -0.2) is 4.99 Å². The van der Waals surface area contributed by atoms with Crippen LogP contribution in [0.4, 0.5) is 5.69 Å². The van der Waals surface area contributed by atoms with Gasteiger partial charge in [-0.15, -0.1) is 0 Å². The van der Waals surface area contributed by atoms with Crippen molar-refractivity contribution in [3.8, 4) is 5.75 Å². The summed E-state index contributed by atoms with van der Waals surface area (Å²) in [6.07, 6.45) is 1.83. The van der Waals surface area contributed by atoms with Gasteiger partial charge in [-0.2, -0.15) is 0 Å². The van der Waals surface area contributed by atoms with Crippen LogP contribution in [0, 0.1) is 0 Å². The van der Waals surface area contributed by atoms with Crippen molar-refractivity contribution >= 4 is 33.4 Å². The fourth-order valence-electron chi connectivity index (χ4n) is 4.56. The largest absolute Gasteiger partial charge is 0.494 e. The zero-order valence-electron chi connectivity index (χ0n) is 21.2. The van der Waals surface area contributed by atoms with Crippen LogP contribution < -0.4 is 10.1 Å². The Morgan fingerprint density at radius 2 is 1.90 bits per heavy atom. The lowest BCUT2D eigenvalue weighted by atomic mass is 9.81. The zero-order chi connectivity index (χ0) is 27.2. The summed E-state index contributed by atoms with van der Waals surface area (Å²) in [5.41, 5.74) is 10.5. The molecule has 2 atom stereocenters. The van der Waals surface area contributed by atoms with Crippen molar-refractivity contribution in [3.05, 3.63) is 104 Å². The third-order valence-corrected chi connectivity index (χ3v) is 7.23. The average molecular weight is 590 g/mol. The Balaban J connectivity index is 1.59. The molecule has 5 rings (SSSR count). The number of carbonyl (C=O) groups is 1. The minimum Gasteiger partial charge on any atom is -0.494 e. The van der Waals surface area contributed by atoms with Crippen LogP contribution in [0.5, 0.6) is 5.75 Å². The van der Waals surface area contributed by atoms with Gasteiger partial charge in [0.2, 0.25) is 5.90 Å². The number of azide groups is 1. The first-order chi connectivity index (χ1) is 19.0. The summed E-state index contributed by atoms with van der Waals surface area (Å²) >= 11 is 3.48. The van der Waals surface area contributed by atoms with Crippen molar-refractivity contribution < 1.29 is 19.4 Å². The fourth-order valence-corrected chi connectivity index (χ4v) is 4.82. The first kappa shape index (κ1) is 26.7. The second-order valence-corrected chi connectivity index (χ2v) is 10.5. The summed E-state index contributed by atoms with van der Waals surface area (Å²) in [5.74, 6) is 0.747. The predicted molar refractivity (Wildman–Crippen MR) is 151 cm³/mol. The highest BCUT2D eigenvalue weighted by Gasteiger charge is 2.54. The van der Waals surface area contributed by atoms with Gasteiger partial charge in [-0.1, -0.05) is 57.4 Å². The van der Waals surface area contributed by atoms with Crippen molar-refractivity contribution in [2.45, 2.75) is 43.4 Å². The number of aliphatic hydroxyl groups is 1. The zero-order valence-corrected chi connectivity index (χ0v) is 22.8. The van der Waals surface area contributed by atoms with Crippen LogP contribution in [-0.2, 0) is 16.0 Å². The molecule has 0 unspecified atom stereocenters. The van der Waals surface area contributed by atoms with Crippen molar-refractivity contribution in [2.75, 3.05) is 13.2 Å². The number of benzene rings is 3. The minimum absolute atomic E-state index is 0.0603. The molecule has 1 fully saturated rings. The molecule has 1 amide bonds. The van der Waals surface area contributed by atoms with Crippen molar-refractivity contribution in [2.24, 2.45) is 10.1 Å². The van der Waals surface area contributed by atoms with Crippen LogP contribution in [0.3, 0.4) is 0 Å². The van der Waals surface area contributed by atoms with Crippen LogP contribution in [0.15, 0.2) is 87.4 Å². The monoisotopic (exact) mass is 589 g/mol. The van der Waals surface area contributed by atoms with E-state index in [-0.39, 0.29) is 25.0 Å². The standard InChI is InChI=1S/C29H28BrN5O4/c30-21-10-6-19(7-11-21)18-29(28(37)32-22-12-13-22)26(24-4-1-2-5-25(24)34-35-31)39-27(33-29)20-8-14-23(15-9-20)38-17-3-16-36/h1-2,4-11,14-15,22,26,36H,3,12-13,16-18H2,(H,32,37)/t26-,29-/m1/s1. The van der Waals surface area contributed by atoms with Gasteiger partial charge in [0.1, 0.15) is 5.75 Å². The van der Waals surface area contributed by atoms with E-state index < -0.39 is 11.6 Å². The van der Waals surface area contributed by atoms with E-state index in [1.165, 1.54) is 0 Å². The van der Waals surface area contributed by atoms with E-state index in [9.17, 15) is 10.3 Å². The molecule has 3 aromatic rings. The number of nitrogens with zero attached hydrogens (tertiary/aromatic N) is 4. The Bertz CT molecular complexity index is 1400. The minimum atomic E-state index is -1.34. The van der Waals surface area contributed by atoms with E-state index in [1.54, 1.807) is 24.3 Å². The summed E-state index contributed by atoms with van der Waals surface area (Å²) in [6, 6.07) is 22.3. The lowest BCUT2D eigenvalue weighted by Gasteiger charge is -2.31. The molecule has 0 radical (unpaired) electrons. The number of hydrogen-bond donors (Lipinski definition) is 2. The summed E-state index contributed by atoms with van der Waals surface area (Å²) in [6.45, 7) is 0.466. The maximum absolute atomic E-state index is 14.1. The molecule has 39 heavy (non-hydrogen) atoms. The van der Waals surface area contributed by atoms with Gasteiger partial charge in [-0.05, 0) is 60.3 Å². The van der Waals surface area contributed by atoms with Gasteiger partial charge in [-0.3, -0.25) is 4.79 Å². The lowest BCUT2D eigenvalue weighted by molar-refractivity contribution is -0.129. The molecule has 1 aliphatic heterocycles. The maximum Gasteiger partial charge on any atom is 0.252 e. The molecule has 1 saturated carbocycles.